The zero-order valence-corrected chi connectivity index (χ0v) is 16.7. The van der Waals surface area contributed by atoms with Crippen LogP contribution < -0.4 is 5.56 Å². The fourth-order valence-corrected chi connectivity index (χ4v) is 4.04. The molecule has 26 heavy (non-hydrogen) atoms. The van der Waals surface area contributed by atoms with E-state index in [1.165, 1.54) is 56.5 Å². The highest BCUT2D eigenvalue weighted by Gasteiger charge is 2.08. The highest BCUT2D eigenvalue weighted by atomic mass is 32.1. The molecule has 1 aromatic heterocycles. The zero-order valence-electron chi connectivity index (χ0n) is 15.9. The number of unbranched alkanes of at least 4 members (excludes halogenated alkanes) is 8. The summed E-state index contributed by atoms with van der Waals surface area (Å²) in [6.45, 7) is 2.94. The number of aromatic nitrogens is 1. The second-order valence-electron chi connectivity index (χ2n) is 6.79. The Labute approximate surface area is 160 Å². The first kappa shape index (κ1) is 20.7. The lowest BCUT2D eigenvalue weighted by atomic mass is 10.1. The van der Waals surface area contributed by atoms with Gasteiger partial charge in [0, 0.05) is 6.42 Å². The molecular formula is C21H31NO3S. The minimum absolute atomic E-state index is 0.000542. The molecule has 0 radical (unpaired) electrons. The van der Waals surface area contributed by atoms with Crippen molar-refractivity contribution in [3.8, 4) is 0 Å². The molecule has 1 heterocycles. The molecule has 0 saturated carbocycles. The molecule has 5 heteroatoms. The Bertz CT molecular complexity index is 719. The van der Waals surface area contributed by atoms with Crippen LogP contribution in [0.2, 0.25) is 0 Å². The minimum Gasteiger partial charge on any atom is -0.464 e. The molecule has 4 nitrogen and oxygen atoms in total. The Balaban J connectivity index is 1.53. The maximum Gasteiger partial charge on any atom is 0.305 e. The van der Waals surface area contributed by atoms with Crippen LogP contribution in [-0.4, -0.2) is 16.5 Å². The van der Waals surface area contributed by atoms with Crippen molar-refractivity contribution in [3.63, 3.8) is 0 Å². The highest BCUT2D eigenvalue weighted by Crippen LogP contribution is 2.15. The number of carbonyl (C=O) groups excluding carboxylic acids is 1. The van der Waals surface area contributed by atoms with Crippen LogP contribution in [0.3, 0.4) is 0 Å². The van der Waals surface area contributed by atoms with Crippen LogP contribution in [-0.2, 0) is 16.1 Å². The van der Waals surface area contributed by atoms with Crippen molar-refractivity contribution in [2.45, 2.75) is 77.7 Å². The lowest BCUT2D eigenvalue weighted by Gasteiger charge is -2.05. The summed E-state index contributed by atoms with van der Waals surface area (Å²) in [5, 5.41) is 0.735. The number of rotatable bonds is 13. The summed E-state index contributed by atoms with van der Waals surface area (Å²) < 4.78 is 7.91. The monoisotopic (exact) mass is 377 g/mol. The van der Waals surface area contributed by atoms with E-state index < -0.39 is 0 Å². The summed E-state index contributed by atoms with van der Waals surface area (Å²) in [7, 11) is 0. The van der Waals surface area contributed by atoms with Crippen LogP contribution in [0.15, 0.2) is 29.1 Å². The van der Waals surface area contributed by atoms with Gasteiger partial charge in [0.25, 0.3) is 5.56 Å². The van der Waals surface area contributed by atoms with Gasteiger partial charge in [-0.15, -0.1) is 0 Å². The van der Waals surface area contributed by atoms with E-state index in [0.717, 1.165) is 22.9 Å². The molecule has 0 spiro atoms. The number of hydrogen-bond acceptors (Lipinski definition) is 4. The van der Waals surface area contributed by atoms with Crippen molar-refractivity contribution in [1.82, 2.24) is 3.96 Å². The van der Waals surface area contributed by atoms with Crippen molar-refractivity contribution < 1.29 is 9.53 Å². The smallest absolute Gasteiger partial charge is 0.305 e. The minimum atomic E-state index is -0.151. The van der Waals surface area contributed by atoms with Gasteiger partial charge in [-0.1, -0.05) is 82.0 Å². The zero-order chi connectivity index (χ0) is 18.6. The molecule has 0 atom stereocenters. The maximum atomic E-state index is 12.2. The molecule has 2 aromatic rings. The SMILES string of the molecule is CCCCCCCCCCCC(=O)OCCn1sc2ccccc2c1=O. The van der Waals surface area contributed by atoms with E-state index in [0.29, 0.717) is 13.0 Å². The largest absolute Gasteiger partial charge is 0.464 e. The van der Waals surface area contributed by atoms with Crippen LogP contribution in [0.4, 0.5) is 0 Å². The van der Waals surface area contributed by atoms with Crippen LogP contribution in [0.1, 0.15) is 71.1 Å². The highest BCUT2D eigenvalue weighted by molar-refractivity contribution is 7.13. The third-order valence-corrected chi connectivity index (χ3v) is 5.72. The first-order valence-electron chi connectivity index (χ1n) is 9.97. The predicted octanol–water partition coefficient (Wildman–Crippen LogP) is 5.53. The van der Waals surface area contributed by atoms with Gasteiger partial charge in [-0.3, -0.25) is 13.5 Å². The molecule has 0 fully saturated rings. The summed E-state index contributed by atoms with van der Waals surface area (Å²) in [4.78, 5) is 24.0. The molecular weight excluding hydrogens is 346 g/mol. The number of hydrogen-bond donors (Lipinski definition) is 0. The number of ether oxygens (including phenoxy) is 1. The molecule has 0 unspecified atom stereocenters. The predicted molar refractivity (Wildman–Crippen MR) is 109 cm³/mol. The Morgan fingerprint density at radius 1 is 1.00 bits per heavy atom. The summed E-state index contributed by atoms with van der Waals surface area (Å²) in [5.74, 6) is -0.151. The maximum absolute atomic E-state index is 12.2. The van der Waals surface area contributed by atoms with E-state index in [1.807, 2.05) is 24.3 Å². The van der Waals surface area contributed by atoms with E-state index in [4.69, 9.17) is 4.74 Å². The Morgan fingerprint density at radius 3 is 2.35 bits per heavy atom. The van der Waals surface area contributed by atoms with E-state index in [9.17, 15) is 9.59 Å². The topological polar surface area (TPSA) is 48.3 Å². The lowest BCUT2D eigenvalue weighted by molar-refractivity contribution is -0.144. The summed E-state index contributed by atoms with van der Waals surface area (Å²) in [6.07, 6.45) is 11.6. The average Bonchev–Trinajstić information content (AvgIpc) is 2.97. The molecule has 0 aliphatic carbocycles. The van der Waals surface area contributed by atoms with Crippen LogP contribution in [0.5, 0.6) is 0 Å². The molecule has 2 rings (SSSR count). The van der Waals surface area contributed by atoms with Crippen molar-refractivity contribution in [2.75, 3.05) is 6.61 Å². The fourth-order valence-electron chi connectivity index (χ4n) is 3.06. The van der Waals surface area contributed by atoms with Gasteiger partial charge >= 0.3 is 5.97 Å². The molecule has 144 valence electrons. The van der Waals surface area contributed by atoms with E-state index in [-0.39, 0.29) is 18.1 Å². The van der Waals surface area contributed by atoms with Crippen molar-refractivity contribution in [1.29, 1.82) is 0 Å². The molecule has 0 aliphatic heterocycles. The van der Waals surface area contributed by atoms with Crippen molar-refractivity contribution in [2.24, 2.45) is 0 Å². The summed E-state index contributed by atoms with van der Waals surface area (Å²) >= 11 is 1.42. The number of benzene rings is 1. The third-order valence-electron chi connectivity index (χ3n) is 4.59. The summed E-state index contributed by atoms with van der Waals surface area (Å²) in [5.41, 5.74) is 0.000542. The second kappa shape index (κ2) is 11.9. The van der Waals surface area contributed by atoms with Gasteiger partial charge in [-0.05, 0) is 18.6 Å². The third kappa shape index (κ3) is 6.94. The first-order valence-corrected chi connectivity index (χ1v) is 10.7. The molecule has 0 bridgehead atoms. The number of carbonyl (C=O) groups is 1. The standard InChI is InChI=1S/C21H31NO3S/c1-2-3-4-5-6-7-8-9-10-15-20(23)25-17-16-22-21(24)18-13-11-12-14-19(18)26-22/h11-14H,2-10,15-17H2,1H3. The normalized spacial score (nSPS) is 11.1. The summed E-state index contributed by atoms with van der Waals surface area (Å²) in [6, 6.07) is 7.56. The molecule has 0 saturated heterocycles. The van der Waals surface area contributed by atoms with Crippen LogP contribution in [0.25, 0.3) is 10.1 Å². The molecule has 0 N–H and O–H groups in total. The lowest BCUT2D eigenvalue weighted by Crippen LogP contribution is -2.17. The van der Waals surface area contributed by atoms with Gasteiger partial charge < -0.3 is 4.74 Å². The molecule has 0 aliphatic rings. The van der Waals surface area contributed by atoms with E-state index >= 15 is 0 Å². The van der Waals surface area contributed by atoms with E-state index in [1.54, 1.807) is 3.96 Å². The number of nitrogens with zero attached hydrogens (tertiary/aromatic N) is 1. The average molecular weight is 378 g/mol. The van der Waals surface area contributed by atoms with Crippen molar-refractivity contribution >= 4 is 27.6 Å². The Kier molecular flexibility index (Phi) is 9.46. The van der Waals surface area contributed by atoms with Crippen LogP contribution in [0, 0.1) is 0 Å². The van der Waals surface area contributed by atoms with Gasteiger partial charge in [0.15, 0.2) is 0 Å². The van der Waals surface area contributed by atoms with E-state index in [2.05, 4.69) is 6.92 Å². The molecule has 0 amide bonds. The van der Waals surface area contributed by atoms with Gasteiger partial charge in [0.2, 0.25) is 0 Å². The first-order chi connectivity index (χ1) is 12.7. The van der Waals surface area contributed by atoms with Gasteiger partial charge in [0.1, 0.15) is 6.61 Å². The second-order valence-corrected chi connectivity index (χ2v) is 7.86. The van der Waals surface area contributed by atoms with Gasteiger partial charge in [-0.2, -0.15) is 0 Å². The number of esters is 1. The Hall–Kier alpha value is -1.62. The van der Waals surface area contributed by atoms with Gasteiger partial charge in [0.05, 0.1) is 16.6 Å². The van der Waals surface area contributed by atoms with Crippen LogP contribution >= 0.6 is 11.5 Å². The van der Waals surface area contributed by atoms with Crippen molar-refractivity contribution in [3.05, 3.63) is 34.6 Å². The number of fused-ring (bicyclic) bond motifs is 1. The quantitative estimate of drug-likeness (QED) is 0.341. The van der Waals surface area contributed by atoms with Gasteiger partial charge in [-0.25, -0.2) is 0 Å². The fraction of sp³-hybridized carbons (Fsp3) is 0.619. The molecule has 1 aromatic carbocycles. The Morgan fingerprint density at radius 2 is 1.65 bits per heavy atom.